The standard InChI is InChI=1S/C6H6.2C5H5.ClH.Zr/c1-2-4-6-5-3-1;2*1-2-4-5-3-1;;/h1-6H;2*1-3H,4H2;1H;/q;2*-1;;+3/p-1. The summed E-state index contributed by atoms with van der Waals surface area (Å²) in [6.07, 6.45) is 20.0. The first kappa shape index (κ1) is 19.7. The number of rotatable bonds is 0. The molecule has 1 aromatic rings. The van der Waals surface area contributed by atoms with Gasteiger partial charge < -0.3 is 12.4 Å². The Balaban J connectivity index is 0. The number of halogens is 1. The van der Waals surface area contributed by atoms with Gasteiger partial charge in [-0.05, 0) is 0 Å². The van der Waals surface area contributed by atoms with Gasteiger partial charge >= 0.3 is 26.2 Å². The first-order chi connectivity index (χ1) is 8.00. The Kier molecular flexibility index (Phi) is 17.9. The molecule has 1 aromatic carbocycles. The van der Waals surface area contributed by atoms with Crippen LogP contribution in [0.4, 0.5) is 0 Å². The van der Waals surface area contributed by atoms with Gasteiger partial charge in [0.05, 0.1) is 0 Å². The van der Waals surface area contributed by atoms with Gasteiger partial charge in [-0.1, -0.05) is 36.4 Å². The molecule has 0 spiro atoms. The molecular weight excluding hydrogens is 319 g/mol. The molecule has 2 aliphatic carbocycles. The van der Waals surface area contributed by atoms with Crippen LogP contribution in [0.15, 0.2) is 72.9 Å². The first-order valence-electron chi connectivity index (χ1n) is 5.43. The molecule has 0 aromatic heterocycles. The number of allylic oxidation sites excluding steroid dienone is 8. The summed E-state index contributed by atoms with van der Waals surface area (Å²) in [6, 6.07) is 12.0. The van der Waals surface area contributed by atoms with E-state index in [1.54, 1.807) is 0 Å². The molecule has 91 valence electrons. The minimum atomic E-state index is 0. The van der Waals surface area contributed by atoms with E-state index in [2.05, 4.69) is 24.3 Å². The van der Waals surface area contributed by atoms with Crippen molar-refractivity contribution in [3.63, 3.8) is 0 Å². The van der Waals surface area contributed by atoms with E-state index in [9.17, 15) is 0 Å². The Morgan fingerprint density at radius 3 is 1.06 bits per heavy atom. The van der Waals surface area contributed by atoms with Gasteiger partial charge in [0.2, 0.25) is 0 Å². The second kappa shape index (κ2) is 16.4. The van der Waals surface area contributed by atoms with Gasteiger partial charge in [0.25, 0.3) is 0 Å². The molecular formula is C16H16ClZr. The number of hydrogen-bond acceptors (Lipinski definition) is 0. The molecule has 18 heavy (non-hydrogen) atoms. The fraction of sp³-hybridized carbons (Fsp3) is 0.125. The first-order valence-corrected chi connectivity index (χ1v) is 5.43. The second-order valence-corrected chi connectivity index (χ2v) is 3.16. The molecule has 0 amide bonds. The average molecular weight is 335 g/mol. The third kappa shape index (κ3) is 13.4. The molecule has 3 rings (SSSR count). The Hall–Kier alpha value is -0.647. The summed E-state index contributed by atoms with van der Waals surface area (Å²) in [7, 11) is 0. The van der Waals surface area contributed by atoms with Crippen molar-refractivity contribution < 1.29 is 38.6 Å². The van der Waals surface area contributed by atoms with Crippen molar-refractivity contribution in [3.05, 3.63) is 85.0 Å². The van der Waals surface area contributed by atoms with Gasteiger partial charge in [-0.2, -0.15) is 12.2 Å². The van der Waals surface area contributed by atoms with Crippen LogP contribution in [0.1, 0.15) is 12.8 Å². The van der Waals surface area contributed by atoms with Crippen molar-refractivity contribution >= 4 is 0 Å². The van der Waals surface area contributed by atoms with Gasteiger partial charge in [0.1, 0.15) is 0 Å². The molecule has 0 saturated carbocycles. The summed E-state index contributed by atoms with van der Waals surface area (Å²) < 4.78 is 0. The monoisotopic (exact) mass is 333 g/mol. The van der Waals surface area contributed by atoms with Crippen LogP contribution in [-0.2, 0) is 26.2 Å². The topological polar surface area (TPSA) is 0 Å². The van der Waals surface area contributed by atoms with Gasteiger partial charge in [0.15, 0.2) is 0 Å². The van der Waals surface area contributed by atoms with Crippen molar-refractivity contribution in [1.29, 1.82) is 0 Å². The van der Waals surface area contributed by atoms with E-state index in [-0.39, 0.29) is 38.6 Å². The van der Waals surface area contributed by atoms with Crippen LogP contribution in [0.5, 0.6) is 0 Å². The molecule has 2 heteroatoms. The largest absolute Gasteiger partial charge is 3.00 e. The van der Waals surface area contributed by atoms with Crippen molar-refractivity contribution in [1.82, 2.24) is 0 Å². The Morgan fingerprint density at radius 2 is 0.944 bits per heavy atom. The normalized spacial score (nSPS) is 12.4. The van der Waals surface area contributed by atoms with Gasteiger partial charge in [-0.25, -0.2) is 24.3 Å². The minimum absolute atomic E-state index is 0. The van der Waals surface area contributed by atoms with Gasteiger partial charge in [-0.3, -0.25) is 12.2 Å². The molecule has 0 heterocycles. The molecule has 1 radical (unpaired) electrons. The predicted octanol–water partition coefficient (Wildman–Crippen LogP) is 1.30. The van der Waals surface area contributed by atoms with Crippen LogP contribution in [0.25, 0.3) is 0 Å². The Morgan fingerprint density at radius 1 is 0.611 bits per heavy atom. The summed E-state index contributed by atoms with van der Waals surface area (Å²) in [5.41, 5.74) is 0. The van der Waals surface area contributed by atoms with E-state index in [0.29, 0.717) is 0 Å². The third-order valence-corrected chi connectivity index (χ3v) is 1.84. The van der Waals surface area contributed by atoms with E-state index < -0.39 is 0 Å². The minimum Gasteiger partial charge on any atom is -1.00 e. The van der Waals surface area contributed by atoms with Crippen LogP contribution in [0.2, 0.25) is 0 Å². The quantitative estimate of drug-likeness (QED) is 0.627. The summed E-state index contributed by atoms with van der Waals surface area (Å²) in [4.78, 5) is 0. The van der Waals surface area contributed by atoms with E-state index in [4.69, 9.17) is 0 Å². The molecule has 0 atom stereocenters. The summed E-state index contributed by atoms with van der Waals surface area (Å²) in [5, 5.41) is 0. The van der Waals surface area contributed by atoms with Crippen LogP contribution < -0.4 is 12.4 Å². The fourth-order valence-electron chi connectivity index (χ4n) is 1.07. The summed E-state index contributed by atoms with van der Waals surface area (Å²) in [5.74, 6) is 0. The Labute approximate surface area is 136 Å². The average Bonchev–Trinajstić information content (AvgIpc) is 3.10. The summed E-state index contributed by atoms with van der Waals surface area (Å²) in [6.45, 7) is 0. The zero-order chi connectivity index (χ0) is 11.3. The molecule has 2 aliphatic rings. The van der Waals surface area contributed by atoms with E-state index in [1.165, 1.54) is 0 Å². The molecule has 0 saturated heterocycles. The van der Waals surface area contributed by atoms with Crippen LogP contribution >= 0.6 is 0 Å². The van der Waals surface area contributed by atoms with Crippen molar-refractivity contribution in [2.45, 2.75) is 12.8 Å². The van der Waals surface area contributed by atoms with E-state index >= 15 is 0 Å². The van der Waals surface area contributed by atoms with E-state index in [1.807, 2.05) is 60.7 Å². The van der Waals surface area contributed by atoms with Gasteiger partial charge in [-0.15, -0.1) is 12.8 Å². The Bertz CT molecular complexity index is 295. The molecule has 0 nitrogen and oxygen atoms in total. The van der Waals surface area contributed by atoms with E-state index in [0.717, 1.165) is 12.8 Å². The van der Waals surface area contributed by atoms with Crippen molar-refractivity contribution in [2.75, 3.05) is 0 Å². The SMILES string of the molecule is [C-]1=CC=CC1.[C-]1=CC=CC1.[Cl-].[Zr+3].c1ccccc1. The molecule has 0 unspecified atom stereocenters. The van der Waals surface area contributed by atoms with Crippen LogP contribution in [-0.4, -0.2) is 0 Å². The number of hydrogen-bond donors (Lipinski definition) is 0. The second-order valence-electron chi connectivity index (χ2n) is 3.16. The van der Waals surface area contributed by atoms with Crippen molar-refractivity contribution in [2.24, 2.45) is 0 Å². The maximum absolute atomic E-state index is 2.99. The maximum atomic E-state index is 2.99. The van der Waals surface area contributed by atoms with Crippen LogP contribution in [0.3, 0.4) is 0 Å². The third-order valence-electron chi connectivity index (χ3n) is 1.84. The zero-order valence-electron chi connectivity index (χ0n) is 10.2. The summed E-state index contributed by atoms with van der Waals surface area (Å²) >= 11 is 0. The molecule has 0 bridgehead atoms. The van der Waals surface area contributed by atoms with Crippen LogP contribution in [0, 0.1) is 12.2 Å². The molecule has 0 aliphatic heterocycles. The van der Waals surface area contributed by atoms with Gasteiger partial charge in [0, 0.05) is 0 Å². The maximum Gasteiger partial charge on any atom is 3.00 e. The zero-order valence-corrected chi connectivity index (χ0v) is 13.4. The number of benzene rings is 1. The fourth-order valence-corrected chi connectivity index (χ4v) is 1.07. The smallest absolute Gasteiger partial charge is 1.00 e. The predicted molar refractivity (Wildman–Crippen MR) is 69.6 cm³/mol. The molecule has 0 N–H and O–H groups in total. The van der Waals surface area contributed by atoms with Crippen molar-refractivity contribution in [3.8, 4) is 0 Å². The molecule has 0 fully saturated rings.